The summed E-state index contributed by atoms with van der Waals surface area (Å²) in [5.74, 6) is 0. The van der Waals surface area contributed by atoms with Gasteiger partial charge in [-0.15, -0.1) is 0 Å². The van der Waals surface area contributed by atoms with Crippen molar-refractivity contribution in [2.45, 2.75) is 58.3 Å². The van der Waals surface area contributed by atoms with Gasteiger partial charge in [0.05, 0.1) is 13.2 Å². The summed E-state index contributed by atoms with van der Waals surface area (Å²) in [6.45, 7) is 10.0. The molecule has 0 radical (unpaired) electrons. The quantitative estimate of drug-likeness (QED) is 0.744. The topological polar surface area (TPSA) is 24.5 Å². The number of hydrogen-bond acceptors (Lipinski definition) is 3. The molecule has 1 aromatic rings. The van der Waals surface area contributed by atoms with Crippen molar-refractivity contribution >= 4 is 0 Å². The number of nitrogens with one attached hydrogen (secondary N) is 1. The fourth-order valence-corrected chi connectivity index (χ4v) is 2.32. The Morgan fingerprint density at radius 3 is 2.48 bits per heavy atom. The van der Waals surface area contributed by atoms with Gasteiger partial charge in [0.2, 0.25) is 0 Å². The van der Waals surface area contributed by atoms with Crippen LogP contribution in [0.15, 0.2) is 24.3 Å². The third-order valence-electron chi connectivity index (χ3n) is 3.94. The zero-order valence-electron chi connectivity index (χ0n) is 14.0. The van der Waals surface area contributed by atoms with Gasteiger partial charge in [0, 0.05) is 24.7 Å². The second-order valence-corrected chi connectivity index (χ2v) is 7.14. The molecular formula is C18H30N2O. The summed E-state index contributed by atoms with van der Waals surface area (Å²) >= 11 is 0. The second kappa shape index (κ2) is 7.39. The van der Waals surface area contributed by atoms with E-state index in [1.807, 2.05) is 0 Å². The summed E-state index contributed by atoms with van der Waals surface area (Å²) in [6.07, 6.45) is 2.72. The average Bonchev–Trinajstić information content (AvgIpc) is 3.25. The van der Waals surface area contributed by atoms with E-state index in [-0.39, 0.29) is 5.54 Å². The molecule has 0 bridgehead atoms. The van der Waals surface area contributed by atoms with Crippen LogP contribution in [-0.4, -0.2) is 36.7 Å². The Morgan fingerprint density at radius 2 is 1.86 bits per heavy atom. The Bertz CT molecular complexity index is 435. The summed E-state index contributed by atoms with van der Waals surface area (Å²) in [5, 5.41) is 3.55. The highest BCUT2D eigenvalue weighted by atomic mass is 16.5. The molecule has 1 aliphatic rings. The lowest BCUT2D eigenvalue weighted by Crippen LogP contribution is -2.35. The van der Waals surface area contributed by atoms with Gasteiger partial charge < -0.3 is 15.0 Å². The number of benzene rings is 1. The van der Waals surface area contributed by atoms with Crippen LogP contribution >= 0.6 is 0 Å². The average molecular weight is 290 g/mol. The van der Waals surface area contributed by atoms with Crippen LogP contribution in [0.5, 0.6) is 0 Å². The Labute approximate surface area is 129 Å². The molecule has 0 unspecified atom stereocenters. The SMILES string of the molecule is CN(CCOCc1ccccc1CNC(C)(C)C)C1CC1. The summed E-state index contributed by atoms with van der Waals surface area (Å²) in [7, 11) is 2.20. The molecule has 2 rings (SSSR count). The molecule has 1 aromatic carbocycles. The number of nitrogens with zero attached hydrogens (tertiary/aromatic N) is 1. The lowest BCUT2D eigenvalue weighted by atomic mass is 10.1. The van der Waals surface area contributed by atoms with E-state index >= 15 is 0 Å². The van der Waals surface area contributed by atoms with Crippen molar-refractivity contribution in [3.05, 3.63) is 35.4 Å². The number of rotatable bonds is 8. The van der Waals surface area contributed by atoms with E-state index in [2.05, 4.69) is 62.3 Å². The molecule has 0 aliphatic heterocycles. The summed E-state index contributed by atoms with van der Waals surface area (Å²) in [5.41, 5.74) is 2.77. The van der Waals surface area contributed by atoms with Gasteiger partial charge in [-0.1, -0.05) is 24.3 Å². The summed E-state index contributed by atoms with van der Waals surface area (Å²) in [4.78, 5) is 2.41. The predicted octanol–water partition coefficient (Wildman–Crippen LogP) is 3.19. The van der Waals surface area contributed by atoms with E-state index in [9.17, 15) is 0 Å². The third kappa shape index (κ3) is 6.16. The van der Waals surface area contributed by atoms with Crippen molar-refractivity contribution in [2.75, 3.05) is 20.2 Å². The van der Waals surface area contributed by atoms with Gasteiger partial charge in [-0.05, 0) is 51.8 Å². The van der Waals surface area contributed by atoms with Crippen molar-refractivity contribution in [1.29, 1.82) is 0 Å². The maximum Gasteiger partial charge on any atom is 0.0720 e. The minimum Gasteiger partial charge on any atom is -0.375 e. The highest BCUT2D eigenvalue weighted by Crippen LogP contribution is 2.24. The summed E-state index contributed by atoms with van der Waals surface area (Å²) in [6, 6.07) is 9.37. The molecule has 1 N–H and O–H groups in total. The van der Waals surface area contributed by atoms with Crippen molar-refractivity contribution < 1.29 is 4.74 Å². The van der Waals surface area contributed by atoms with Crippen LogP contribution in [0, 0.1) is 0 Å². The molecule has 118 valence electrons. The molecule has 0 spiro atoms. The Balaban J connectivity index is 1.76. The maximum absolute atomic E-state index is 5.87. The fraction of sp³-hybridized carbons (Fsp3) is 0.667. The minimum atomic E-state index is 0.140. The van der Waals surface area contributed by atoms with Crippen molar-refractivity contribution in [1.82, 2.24) is 10.2 Å². The van der Waals surface area contributed by atoms with Crippen LogP contribution in [0.2, 0.25) is 0 Å². The zero-order valence-corrected chi connectivity index (χ0v) is 14.0. The number of ether oxygens (including phenoxy) is 1. The molecule has 0 aromatic heterocycles. The molecule has 0 atom stereocenters. The maximum atomic E-state index is 5.87. The molecule has 0 saturated heterocycles. The summed E-state index contributed by atoms with van der Waals surface area (Å²) < 4.78 is 5.87. The van der Waals surface area contributed by atoms with Gasteiger partial charge in [0.15, 0.2) is 0 Å². The molecule has 1 saturated carbocycles. The smallest absolute Gasteiger partial charge is 0.0720 e. The Kier molecular flexibility index (Phi) is 5.80. The normalized spacial score (nSPS) is 15.7. The van der Waals surface area contributed by atoms with Gasteiger partial charge in [-0.2, -0.15) is 0 Å². The molecule has 21 heavy (non-hydrogen) atoms. The first-order valence-corrected chi connectivity index (χ1v) is 8.05. The van der Waals surface area contributed by atoms with Gasteiger partial charge >= 0.3 is 0 Å². The molecule has 3 nitrogen and oxygen atoms in total. The lowest BCUT2D eigenvalue weighted by molar-refractivity contribution is 0.0973. The Morgan fingerprint density at radius 1 is 1.19 bits per heavy atom. The lowest BCUT2D eigenvalue weighted by Gasteiger charge is -2.22. The van der Waals surface area contributed by atoms with Gasteiger partial charge in [-0.3, -0.25) is 0 Å². The zero-order chi connectivity index (χ0) is 15.3. The minimum absolute atomic E-state index is 0.140. The van der Waals surface area contributed by atoms with E-state index < -0.39 is 0 Å². The molecule has 0 heterocycles. The first kappa shape index (κ1) is 16.5. The largest absolute Gasteiger partial charge is 0.375 e. The second-order valence-electron chi connectivity index (χ2n) is 7.14. The van der Waals surface area contributed by atoms with E-state index in [1.54, 1.807) is 0 Å². The van der Waals surface area contributed by atoms with E-state index in [4.69, 9.17) is 4.74 Å². The monoisotopic (exact) mass is 290 g/mol. The van der Waals surface area contributed by atoms with Gasteiger partial charge in [-0.25, -0.2) is 0 Å². The van der Waals surface area contributed by atoms with E-state index in [0.29, 0.717) is 6.61 Å². The van der Waals surface area contributed by atoms with Crippen molar-refractivity contribution in [3.63, 3.8) is 0 Å². The Hall–Kier alpha value is -0.900. The highest BCUT2D eigenvalue weighted by molar-refractivity contribution is 5.26. The highest BCUT2D eigenvalue weighted by Gasteiger charge is 2.25. The first-order chi connectivity index (χ1) is 9.96. The van der Waals surface area contributed by atoms with Crippen molar-refractivity contribution in [3.8, 4) is 0 Å². The molecule has 1 fully saturated rings. The third-order valence-corrected chi connectivity index (χ3v) is 3.94. The standard InChI is InChI=1S/C18H30N2O/c1-18(2,3)19-13-15-7-5-6-8-16(15)14-21-12-11-20(4)17-9-10-17/h5-8,17,19H,9-14H2,1-4H3. The van der Waals surface area contributed by atoms with E-state index in [1.165, 1.54) is 24.0 Å². The van der Waals surface area contributed by atoms with E-state index in [0.717, 1.165) is 25.7 Å². The number of likely N-dealkylation sites (N-methyl/N-ethyl adjacent to an activating group) is 1. The predicted molar refractivity (Wildman–Crippen MR) is 88.3 cm³/mol. The van der Waals surface area contributed by atoms with Crippen LogP contribution < -0.4 is 5.32 Å². The van der Waals surface area contributed by atoms with Crippen LogP contribution in [0.4, 0.5) is 0 Å². The van der Waals surface area contributed by atoms with Crippen LogP contribution in [0.25, 0.3) is 0 Å². The van der Waals surface area contributed by atoms with Crippen molar-refractivity contribution in [2.24, 2.45) is 0 Å². The number of hydrogen-bond donors (Lipinski definition) is 1. The van der Waals surface area contributed by atoms with Crippen LogP contribution in [0.1, 0.15) is 44.7 Å². The fourth-order valence-electron chi connectivity index (χ4n) is 2.32. The molecule has 0 amide bonds. The van der Waals surface area contributed by atoms with Crippen LogP contribution in [0.3, 0.4) is 0 Å². The van der Waals surface area contributed by atoms with Gasteiger partial charge in [0.25, 0.3) is 0 Å². The molecule has 3 heteroatoms. The molecular weight excluding hydrogens is 260 g/mol. The first-order valence-electron chi connectivity index (χ1n) is 8.05. The molecule has 1 aliphatic carbocycles. The van der Waals surface area contributed by atoms with Crippen LogP contribution in [-0.2, 0) is 17.9 Å². The van der Waals surface area contributed by atoms with Gasteiger partial charge in [0.1, 0.15) is 0 Å².